The van der Waals surface area contributed by atoms with Crippen molar-refractivity contribution in [3.63, 3.8) is 0 Å². The third kappa shape index (κ3) is 5.74. The second-order valence-electron chi connectivity index (χ2n) is 4.22. The van der Waals surface area contributed by atoms with Crippen molar-refractivity contribution >= 4 is 11.6 Å². The summed E-state index contributed by atoms with van der Waals surface area (Å²) in [5, 5.41) is 0. The molecule has 0 heterocycles. The lowest BCUT2D eigenvalue weighted by molar-refractivity contribution is -0.174. The maximum atomic E-state index is 11.9. The lowest BCUT2D eigenvalue weighted by Crippen LogP contribution is -2.18. The lowest BCUT2D eigenvalue weighted by atomic mass is 9.96. The van der Waals surface area contributed by atoms with Crippen LogP contribution in [0.4, 0.5) is 13.2 Å². The lowest BCUT2D eigenvalue weighted by Gasteiger charge is -2.15. The van der Waals surface area contributed by atoms with Gasteiger partial charge in [-0.05, 0) is 24.8 Å². The van der Waals surface area contributed by atoms with Crippen LogP contribution < -0.4 is 0 Å². The Morgan fingerprint density at radius 3 is 2.61 bits per heavy atom. The van der Waals surface area contributed by atoms with Crippen LogP contribution in [0.1, 0.15) is 23.5 Å². The summed E-state index contributed by atoms with van der Waals surface area (Å²) in [7, 11) is 0. The molecule has 18 heavy (non-hydrogen) atoms. The number of ether oxygens (including phenoxy) is 1. The first-order valence-corrected chi connectivity index (χ1v) is 6.23. The van der Waals surface area contributed by atoms with Crippen molar-refractivity contribution in [3.05, 3.63) is 35.4 Å². The molecule has 1 unspecified atom stereocenters. The zero-order chi connectivity index (χ0) is 13.6. The van der Waals surface area contributed by atoms with E-state index in [0.717, 1.165) is 11.1 Å². The fourth-order valence-electron chi connectivity index (χ4n) is 1.67. The normalized spacial score (nSPS) is 13.6. The molecule has 0 amide bonds. The predicted octanol–water partition coefficient (Wildman–Crippen LogP) is 4.29. The average molecular weight is 281 g/mol. The zero-order valence-electron chi connectivity index (χ0n) is 10.1. The van der Waals surface area contributed by atoms with Crippen molar-refractivity contribution in [1.29, 1.82) is 0 Å². The highest BCUT2D eigenvalue weighted by Crippen LogP contribution is 2.23. The zero-order valence-corrected chi connectivity index (χ0v) is 10.9. The van der Waals surface area contributed by atoms with Gasteiger partial charge in [0.1, 0.15) is 6.61 Å². The Bertz CT molecular complexity index is 365. The van der Waals surface area contributed by atoms with Crippen molar-refractivity contribution in [1.82, 2.24) is 0 Å². The van der Waals surface area contributed by atoms with E-state index in [9.17, 15) is 13.2 Å². The third-order valence-corrected chi connectivity index (χ3v) is 2.95. The van der Waals surface area contributed by atoms with Crippen LogP contribution in [0.3, 0.4) is 0 Å². The van der Waals surface area contributed by atoms with Gasteiger partial charge in [-0.3, -0.25) is 0 Å². The Balaban J connectivity index is 2.43. The largest absolute Gasteiger partial charge is 0.411 e. The molecule has 1 atom stereocenters. The van der Waals surface area contributed by atoms with Gasteiger partial charge >= 0.3 is 6.18 Å². The number of benzene rings is 1. The molecule has 0 aliphatic heterocycles. The van der Waals surface area contributed by atoms with Crippen molar-refractivity contribution in [3.8, 4) is 0 Å². The van der Waals surface area contributed by atoms with E-state index in [1.165, 1.54) is 0 Å². The summed E-state index contributed by atoms with van der Waals surface area (Å²) in [4.78, 5) is 0. The summed E-state index contributed by atoms with van der Waals surface area (Å²) in [5.74, 6) is 0.401. The van der Waals surface area contributed by atoms with Crippen LogP contribution in [0.2, 0.25) is 0 Å². The second kappa shape index (κ2) is 7.00. The van der Waals surface area contributed by atoms with Crippen LogP contribution in [0, 0.1) is 6.92 Å². The van der Waals surface area contributed by atoms with Gasteiger partial charge < -0.3 is 4.74 Å². The van der Waals surface area contributed by atoms with Gasteiger partial charge in [0.15, 0.2) is 0 Å². The standard InChI is InChI=1S/C13H16ClF3O/c1-10-3-2-4-11(7-10)12(8-14)5-6-18-9-13(15,16)17/h2-4,7,12H,5-6,8-9H2,1H3. The predicted molar refractivity (Wildman–Crippen MR) is 66.1 cm³/mol. The van der Waals surface area contributed by atoms with E-state index in [-0.39, 0.29) is 12.5 Å². The first-order chi connectivity index (χ1) is 8.42. The molecule has 0 aromatic heterocycles. The smallest absolute Gasteiger partial charge is 0.372 e. The molecule has 1 nitrogen and oxygen atoms in total. The molecule has 0 radical (unpaired) electrons. The summed E-state index contributed by atoms with van der Waals surface area (Å²) in [6.07, 6.45) is -3.77. The van der Waals surface area contributed by atoms with Crippen molar-refractivity contribution in [2.24, 2.45) is 0 Å². The quantitative estimate of drug-likeness (QED) is 0.558. The van der Waals surface area contributed by atoms with E-state index >= 15 is 0 Å². The van der Waals surface area contributed by atoms with Crippen molar-refractivity contribution in [2.75, 3.05) is 19.1 Å². The number of halogens is 4. The van der Waals surface area contributed by atoms with E-state index in [2.05, 4.69) is 4.74 Å². The molecule has 0 N–H and O–H groups in total. The third-order valence-electron chi connectivity index (χ3n) is 2.58. The Hall–Kier alpha value is -0.740. The molecule has 0 aliphatic rings. The minimum absolute atomic E-state index is 0.0276. The molecule has 0 spiro atoms. The fraction of sp³-hybridized carbons (Fsp3) is 0.538. The van der Waals surface area contributed by atoms with E-state index in [4.69, 9.17) is 11.6 Å². The molecule has 1 rings (SSSR count). The summed E-state index contributed by atoms with van der Waals surface area (Å²) < 4.78 is 40.3. The Labute approximate surface area is 110 Å². The van der Waals surface area contributed by atoms with Crippen LogP contribution in [0.25, 0.3) is 0 Å². The van der Waals surface area contributed by atoms with Gasteiger partial charge in [-0.1, -0.05) is 29.8 Å². The number of hydrogen-bond donors (Lipinski definition) is 0. The Morgan fingerprint density at radius 2 is 2.06 bits per heavy atom. The minimum atomic E-state index is -4.26. The summed E-state index contributed by atoms with van der Waals surface area (Å²) in [6.45, 7) is 0.829. The maximum Gasteiger partial charge on any atom is 0.411 e. The van der Waals surface area contributed by atoms with Gasteiger partial charge in [0.25, 0.3) is 0 Å². The molecule has 0 bridgehead atoms. The van der Waals surface area contributed by atoms with E-state index in [1.807, 2.05) is 31.2 Å². The maximum absolute atomic E-state index is 11.9. The second-order valence-corrected chi connectivity index (χ2v) is 4.53. The highest BCUT2D eigenvalue weighted by Gasteiger charge is 2.27. The van der Waals surface area contributed by atoms with Crippen LogP contribution >= 0.6 is 11.6 Å². The number of hydrogen-bond acceptors (Lipinski definition) is 1. The Morgan fingerprint density at radius 1 is 1.33 bits per heavy atom. The highest BCUT2D eigenvalue weighted by atomic mass is 35.5. The molecule has 0 aliphatic carbocycles. The van der Waals surface area contributed by atoms with Gasteiger partial charge in [0, 0.05) is 12.5 Å². The fourth-order valence-corrected chi connectivity index (χ4v) is 2.00. The highest BCUT2D eigenvalue weighted by molar-refractivity contribution is 6.18. The van der Waals surface area contributed by atoms with Crippen LogP contribution in [0.15, 0.2) is 24.3 Å². The summed E-state index contributed by atoms with van der Waals surface area (Å²) >= 11 is 5.85. The molecule has 5 heteroatoms. The van der Waals surface area contributed by atoms with Crippen LogP contribution in [-0.2, 0) is 4.74 Å². The minimum Gasteiger partial charge on any atom is -0.372 e. The summed E-state index contributed by atoms with van der Waals surface area (Å²) in [5.41, 5.74) is 2.15. The van der Waals surface area contributed by atoms with Gasteiger partial charge in [-0.25, -0.2) is 0 Å². The van der Waals surface area contributed by atoms with Gasteiger partial charge in [0.2, 0.25) is 0 Å². The topological polar surface area (TPSA) is 9.23 Å². The molecular formula is C13H16ClF3O. The number of rotatable bonds is 6. The summed E-state index contributed by atoms with van der Waals surface area (Å²) in [6, 6.07) is 7.82. The number of alkyl halides is 4. The van der Waals surface area contributed by atoms with Crippen LogP contribution in [0.5, 0.6) is 0 Å². The van der Waals surface area contributed by atoms with E-state index in [1.54, 1.807) is 0 Å². The van der Waals surface area contributed by atoms with Crippen molar-refractivity contribution in [2.45, 2.75) is 25.4 Å². The molecule has 102 valence electrons. The van der Waals surface area contributed by atoms with E-state index in [0.29, 0.717) is 12.3 Å². The molecule has 0 saturated carbocycles. The van der Waals surface area contributed by atoms with Gasteiger partial charge in [0.05, 0.1) is 0 Å². The van der Waals surface area contributed by atoms with Crippen LogP contribution in [-0.4, -0.2) is 25.3 Å². The first-order valence-electron chi connectivity index (χ1n) is 5.69. The first kappa shape index (κ1) is 15.3. The monoisotopic (exact) mass is 280 g/mol. The van der Waals surface area contributed by atoms with Crippen molar-refractivity contribution < 1.29 is 17.9 Å². The molecule has 1 aromatic rings. The number of aryl methyl sites for hydroxylation is 1. The van der Waals surface area contributed by atoms with E-state index < -0.39 is 12.8 Å². The molecule has 1 aromatic carbocycles. The molecular weight excluding hydrogens is 265 g/mol. The Kier molecular flexibility index (Phi) is 5.96. The SMILES string of the molecule is Cc1cccc(C(CCl)CCOCC(F)(F)F)c1. The molecule has 0 saturated heterocycles. The molecule has 0 fully saturated rings. The average Bonchev–Trinajstić information content (AvgIpc) is 2.27. The van der Waals surface area contributed by atoms with Gasteiger partial charge in [-0.2, -0.15) is 13.2 Å². The van der Waals surface area contributed by atoms with Gasteiger partial charge in [-0.15, -0.1) is 11.6 Å².